The Labute approximate surface area is 203 Å². The van der Waals surface area contributed by atoms with Crippen LogP contribution in [-0.2, 0) is 6.54 Å². The van der Waals surface area contributed by atoms with Crippen molar-refractivity contribution in [2.24, 2.45) is 4.99 Å². The van der Waals surface area contributed by atoms with E-state index in [4.69, 9.17) is 33.3 Å². The first-order valence-corrected chi connectivity index (χ1v) is 10.8. The molecule has 1 aromatic heterocycles. The summed E-state index contributed by atoms with van der Waals surface area (Å²) in [6.07, 6.45) is 0. The molecule has 33 heavy (non-hydrogen) atoms. The highest BCUT2D eigenvalue weighted by Crippen LogP contribution is 2.28. The average Bonchev–Trinajstić information content (AvgIpc) is 2.78. The van der Waals surface area contributed by atoms with Crippen molar-refractivity contribution in [2.45, 2.75) is 20.4 Å². The second-order valence-corrected chi connectivity index (χ2v) is 7.88. The minimum Gasteiger partial charge on any atom is -0.497 e. The van der Waals surface area contributed by atoms with Gasteiger partial charge in [0.2, 0.25) is 11.9 Å². The van der Waals surface area contributed by atoms with E-state index < -0.39 is 0 Å². The third-order valence-electron chi connectivity index (χ3n) is 4.43. The first-order chi connectivity index (χ1) is 15.9. The van der Waals surface area contributed by atoms with Gasteiger partial charge in [-0.2, -0.15) is 0 Å². The summed E-state index contributed by atoms with van der Waals surface area (Å²) in [5.41, 5.74) is 3.34. The molecule has 3 aromatic rings. The summed E-state index contributed by atoms with van der Waals surface area (Å²) < 4.78 is 10.7. The van der Waals surface area contributed by atoms with Gasteiger partial charge >= 0.3 is 0 Å². The number of nitrogens with one attached hydrogen (secondary N) is 3. The van der Waals surface area contributed by atoms with Gasteiger partial charge in [-0.3, -0.25) is 5.32 Å². The first kappa shape index (κ1) is 24.2. The lowest BCUT2D eigenvalue weighted by atomic mass is 10.2. The minimum atomic E-state index is 0.310. The van der Waals surface area contributed by atoms with Crippen LogP contribution in [-0.4, -0.2) is 35.3 Å². The fourth-order valence-electron chi connectivity index (χ4n) is 2.92. The number of nitrogens with zero attached hydrogens (tertiary/aromatic N) is 3. The smallest absolute Gasteiger partial charge is 0.229 e. The van der Waals surface area contributed by atoms with Crippen LogP contribution >= 0.6 is 23.8 Å². The van der Waals surface area contributed by atoms with Crippen molar-refractivity contribution >= 4 is 46.5 Å². The molecule has 0 aliphatic carbocycles. The molecular formula is C23H25ClN6O2S. The van der Waals surface area contributed by atoms with Crippen LogP contribution in [0.3, 0.4) is 0 Å². The number of aliphatic imine (C=N–C) groups is 1. The Balaban J connectivity index is 1.79. The summed E-state index contributed by atoms with van der Waals surface area (Å²) in [4.78, 5) is 13.5. The summed E-state index contributed by atoms with van der Waals surface area (Å²) in [5, 5.41) is 10.3. The quantitative estimate of drug-likeness (QED) is 0.263. The largest absolute Gasteiger partial charge is 0.497 e. The van der Waals surface area contributed by atoms with E-state index >= 15 is 0 Å². The van der Waals surface area contributed by atoms with E-state index in [9.17, 15) is 0 Å². The van der Waals surface area contributed by atoms with Crippen molar-refractivity contribution in [2.75, 3.05) is 24.9 Å². The van der Waals surface area contributed by atoms with Crippen LogP contribution in [0, 0.1) is 13.8 Å². The molecule has 0 amide bonds. The highest BCUT2D eigenvalue weighted by Gasteiger charge is 2.10. The number of hydrogen-bond donors (Lipinski definition) is 3. The Morgan fingerprint density at radius 1 is 0.970 bits per heavy atom. The number of aromatic nitrogens is 2. The van der Waals surface area contributed by atoms with Gasteiger partial charge in [0.1, 0.15) is 11.5 Å². The van der Waals surface area contributed by atoms with Gasteiger partial charge in [0, 0.05) is 22.5 Å². The lowest BCUT2D eigenvalue weighted by Crippen LogP contribution is -2.39. The van der Waals surface area contributed by atoms with E-state index in [-0.39, 0.29) is 0 Å². The number of methoxy groups -OCH3 is 2. The second-order valence-electron chi connectivity index (χ2n) is 7.04. The summed E-state index contributed by atoms with van der Waals surface area (Å²) in [6, 6.07) is 14.8. The topological polar surface area (TPSA) is 92.7 Å². The van der Waals surface area contributed by atoms with E-state index in [0.717, 1.165) is 17.0 Å². The van der Waals surface area contributed by atoms with Gasteiger partial charge < -0.3 is 20.1 Å². The van der Waals surface area contributed by atoms with Crippen LogP contribution in [0.1, 0.15) is 17.0 Å². The van der Waals surface area contributed by atoms with E-state index in [2.05, 4.69) is 30.9 Å². The summed E-state index contributed by atoms with van der Waals surface area (Å²) in [5.74, 6) is 2.07. The number of benzene rings is 2. The molecule has 0 saturated heterocycles. The van der Waals surface area contributed by atoms with E-state index in [0.29, 0.717) is 45.8 Å². The molecule has 10 heteroatoms. The fraction of sp³-hybridized carbons (Fsp3) is 0.217. The van der Waals surface area contributed by atoms with Gasteiger partial charge in [0.15, 0.2) is 5.11 Å². The summed E-state index contributed by atoms with van der Waals surface area (Å²) in [6.45, 7) is 4.20. The number of anilines is 2. The first-order valence-electron chi connectivity index (χ1n) is 10.0. The highest BCUT2D eigenvalue weighted by molar-refractivity contribution is 7.80. The molecule has 0 unspecified atom stereocenters. The number of rotatable bonds is 6. The van der Waals surface area contributed by atoms with Gasteiger partial charge in [0.25, 0.3) is 0 Å². The molecule has 0 saturated carbocycles. The Hall–Kier alpha value is -3.43. The van der Waals surface area contributed by atoms with Crippen molar-refractivity contribution in [3.8, 4) is 11.5 Å². The average molecular weight is 485 g/mol. The molecule has 8 nitrogen and oxygen atoms in total. The van der Waals surface area contributed by atoms with Gasteiger partial charge in [-0.1, -0.05) is 23.7 Å². The lowest BCUT2D eigenvalue weighted by Gasteiger charge is -2.16. The van der Waals surface area contributed by atoms with E-state index in [1.807, 2.05) is 56.3 Å². The van der Waals surface area contributed by atoms with Crippen LogP contribution < -0.4 is 25.4 Å². The Morgan fingerprint density at radius 3 is 2.30 bits per heavy atom. The summed E-state index contributed by atoms with van der Waals surface area (Å²) >= 11 is 11.5. The molecule has 1 heterocycles. The van der Waals surface area contributed by atoms with Gasteiger partial charge in [-0.25, -0.2) is 15.0 Å². The zero-order valence-corrected chi connectivity index (χ0v) is 20.3. The maximum Gasteiger partial charge on any atom is 0.229 e. The normalized spacial score (nSPS) is 11.0. The van der Waals surface area contributed by atoms with Crippen molar-refractivity contribution in [1.82, 2.24) is 15.3 Å². The molecule has 3 N–H and O–H groups in total. The van der Waals surface area contributed by atoms with Crippen molar-refractivity contribution in [3.05, 3.63) is 70.5 Å². The highest BCUT2D eigenvalue weighted by atomic mass is 35.5. The molecule has 0 aliphatic rings. The number of hydrogen-bond acceptors (Lipinski definition) is 6. The number of thiocarbonyl (C=S) groups is 1. The SMILES string of the molecule is COc1ccc(NC(=S)NC(=NCc2ccc(Cl)cc2)Nc2nc(C)cc(C)n2)c(OC)c1. The third-order valence-corrected chi connectivity index (χ3v) is 4.89. The third kappa shape index (κ3) is 7.30. The fourth-order valence-corrected chi connectivity index (χ4v) is 3.25. The number of halogens is 1. The van der Waals surface area contributed by atoms with Crippen LogP contribution in [0.15, 0.2) is 53.5 Å². The van der Waals surface area contributed by atoms with Crippen LogP contribution in [0.25, 0.3) is 0 Å². The molecule has 0 aliphatic heterocycles. The lowest BCUT2D eigenvalue weighted by molar-refractivity contribution is 0.395. The van der Waals surface area contributed by atoms with E-state index in [1.54, 1.807) is 20.3 Å². The number of ether oxygens (including phenoxy) is 2. The molecule has 0 bridgehead atoms. The molecule has 0 fully saturated rings. The Kier molecular flexibility index (Phi) is 8.39. The predicted octanol–water partition coefficient (Wildman–Crippen LogP) is 4.72. The summed E-state index contributed by atoms with van der Waals surface area (Å²) in [7, 11) is 3.17. The number of guanidine groups is 1. The molecule has 0 radical (unpaired) electrons. The molecule has 3 rings (SSSR count). The Morgan fingerprint density at radius 2 is 1.67 bits per heavy atom. The number of aryl methyl sites for hydroxylation is 2. The molecule has 172 valence electrons. The van der Waals surface area contributed by atoms with Gasteiger partial charge in [-0.05, 0) is 62.0 Å². The molecular weight excluding hydrogens is 460 g/mol. The maximum atomic E-state index is 5.98. The van der Waals surface area contributed by atoms with Crippen LogP contribution in [0.2, 0.25) is 5.02 Å². The minimum absolute atomic E-state index is 0.310. The molecule has 0 spiro atoms. The van der Waals surface area contributed by atoms with E-state index in [1.165, 1.54) is 0 Å². The van der Waals surface area contributed by atoms with Crippen molar-refractivity contribution in [3.63, 3.8) is 0 Å². The zero-order chi connectivity index (χ0) is 23.8. The van der Waals surface area contributed by atoms with Crippen LogP contribution in [0.5, 0.6) is 11.5 Å². The van der Waals surface area contributed by atoms with Gasteiger partial charge in [0.05, 0.1) is 26.5 Å². The molecule has 0 atom stereocenters. The maximum absolute atomic E-state index is 5.98. The van der Waals surface area contributed by atoms with Crippen LogP contribution in [0.4, 0.5) is 11.6 Å². The van der Waals surface area contributed by atoms with Crippen molar-refractivity contribution < 1.29 is 9.47 Å². The standard InChI is InChI=1S/C23H25ClN6O2S/c1-14-11-15(2)27-22(26-14)29-21(25-13-16-5-7-17(24)8-6-16)30-23(33)28-19-10-9-18(31-3)12-20(19)32-4/h5-12H,13H2,1-4H3,(H3,25,26,27,28,29,30,33). The van der Waals surface area contributed by atoms with Gasteiger partial charge in [-0.15, -0.1) is 0 Å². The Bertz CT molecular complexity index is 1130. The zero-order valence-electron chi connectivity index (χ0n) is 18.8. The van der Waals surface area contributed by atoms with Crippen molar-refractivity contribution in [1.29, 1.82) is 0 Å². The monoisotopic (exact) mass is 484 g/mol. The predicted molar refractivity (Wildman–Crippen MR) is 137 cm³/mol. The molecule has 2 aromatic carbocycles. The second kappa shape index (κ2) is 11.4.